The lowest BCUT2D eigenvalue weighted by Crippen LogP contribution is -2.67. The van der Waals surface area contributed by atoms with Crippen LogP contribution in [0.3, 0.4) is 0 Å². The molecule has 0 unspecified atom stereocenters. The molecule has 12 heteroatoms. The molecular formula is C22H27NO11. The van der Waals surface area contributed by atoms with E-state index in [1.165, 1.54) is 45.2 Å². The summed E-state index contributed by atoms with van der Waals surface area (Å²) in [4.78, 5) is 58.6. The second-order valence-electron chi connectivity index (χ2n) is 7.35. The van der Waals surface area contributed by atoms with Crippen LogP contribution >= 0.6 is 0 Å². The smallest absolute Gasteiger partial charge is 0.337 e. The van der Waals surface area contributed by atoms with Gasteiger partial charge >= 0.3 is 23.9 Å². The molecule has 1 saturated heterocycles. The van der Waals surface area contributed by atoms with Gasteiger partial charge in [0.1, 0.15) is 24.5 Å². The average Bonchev–Trinajstić information content (AvgIpc) is 2.75. The molecule has 1 aromatic carbocycles. The van der Waals surface area contributed by atoms with Crippen LogP contribution in [-0.2, 0) is 42.9 Å². The van der Waals surface area contributed by atoms with Crippen molar-refractivity contribution in [2.75, 3.05) is 13.7 Å². The van der Waals surface area contributed by atoms with Crippen LogP contribution in [0.1, 0.15) is 38.1 Å². The number of carbonyl (C=O) groups is 5. The number of rotatable bonds is 8. The van der Waals surface area contributed by atoms with Gasteiger partial charge in [0.05, 0.1) is 12.7 Å². The minimum atomic E-state index is -1.26. The van der Waals surface area contributed by atoms with Gasteiger partial charge in [-0.1, -0.05) is 0 Å². The lowest BCUT2D eigenvalue weighted by atomic mass is 9.96. The van der Waals surface area contributed by atoms with Crippen molar-refractivity contribution in [3.63, 3.8) is 0 Å². The van der Waals surface area contributed by atoms with Crippen molar-refractivity contribution in [1.82, 2.24) is 5.32 Å². The highest BCUT2D eigenvalue weighted by molar-refractivity contribution is 5.89. The average molecular weight is 481 g/mol. The van der Waals surface area contributed by atoms with Gasteiger partial charge in [-0.25, -0.2) is 4.79 Å². The quantitative estimate of drug-likeness (QED) is 0.408. The van der Waals surface area contributed by atoms with Gasteiger partial charge in [0, 0.05) is 27.7 Å². The summed E-state index contributed by atoms with van der Waals surface area (Å²) in [5, 5.41) is 2.60. The molecule has 1 amide bonds. The SMILES string of the molecule is COC(=O)c1ccc(O[C@@H]2O[C@H](COC(C)=O)[C@H](OC(C)=O)[C@@H](OC(C)=O)[C@H]2NC(C)=O)cc1. The maximum Gasteiger partial charge on any atom is 0.337 e. The second kappa shape index (κ2) is 12.0. The number of hydrogen-bond acceptors (Lipinski definition) is 11. The number of benzene rings is 1. The molecule has 1 N–H and O–H groups in total. The zero-order valence-corrected chi connectivity index (χ0v) is 19.4. The second-order valence-corrected chi connectivity index (χ2v) is 7.35. The maximum atomic E-state index is 11.9. The lowest BCUT2D eigenvalue weighted by Gasteiger charge is -2.44. The molecule has 1 aliphatic rings. The fourth-order valence-corrected chi connectivity index (χ4v) is 3.31. The van der Waals surface area contributed by atoms with Gasteiger partial charge in [-0.3, -0.25) is 19.2 Å². The van der Waals surface area contributed by atoms with E-state index in [9.17, 15) is 24.0 Å². The Balaban J connectivity index is 2.42. The van der Waals surface area contributed by atoms with Crippen molar-refractivity contribution >= 4 is 29.8 Å². The number of ether oxygens (including phenoxy) is 6. The van der Waals surface area contributed by atoms with Crippen molar-refractivity contribution in [1.29, 1.82) is 0 Å². The van der Waals surface area contributed by atoms with E-state index in [4.69, 9.17) is 23.7 Å². The number of carbonyl (C=O) groups excluding carboxylic acids is 5. The van der Waals surface area contributed by atoms with Gasteiger partial charge in [-0.05, 0) is 24.3 Å². The highest BCUT2D eigenvalue weighted by Gasteiger charge is 2.51. The molecule has 1 fully saturated rings. The molecule has 5 atom stereocenters. The van der Waals surface area contributed by atoms with Gasteiger partial charge < -0.3 is 33.7 Å². The van der Waals surface area contributed by atoms with Crippen LogP contribution in [-0.4, -0.2) is 74.1 Å². The highest BCUT2D eigenvalue weighted by atomic mass is 16.7. The van der Waals surface area contributed by atoms with Crippen molar-refractivity contribution in [3.8, 4) is 5.75 Å². The molecule has 1 aliphatic heterocycles. The molecule has 186 valence electrons. The number of methoxy groups -OCH3 is 1. The first-order chi connectivity index (χ1) is 16.0. The molecule has 0 spiro atoms. The monoisotopic (exact) mass is 481 g/mol. The summed E-state index contributed by atoms with van der Waals surface area (Å²) < 4.78 is 32.2. The van der Waals surface area contributed by atoms with E-state index >= 15 is 0 Å². The van der Waals surface area contributed by atoms with E-state index in [1.807, 2.05) is 0 Å². The van der Waals surface area contributed by atoms with E-state index in [-0.39, 0.29) is 17.9 Å². The Morgan fingerprint density at radius 3 is 1.97 bits per heavy atom. The van der Waals surface area contributed by atoms with Crippen LogP contribution in [0.25, 0.3) is 0 Å². The van der Waals surface area contributed by atoms with Crippen molar-refractivity contribution in [3.05, 3.63) is 29.8 Å². The van der Waals surface area contributed by atoms with Crippen LogP contribution < -0.4 is 10.1 Å². The van der Waals surface area contributed by atoms with Gasteiger partial charge in [-0.15, -0.1) is 0 Å². The minimum absolute atomic E-state index is 0.242. The standard InChI is InChI=1S/C22H27NO11/c1-11(24)23-18-20(32-14(4)27)19(31-13(3)26)17(10-30-12(2)25)34-22(18)33-16-8-6-15(7-9-16)21(28)29-5/h6-9,17-20,22H,10H2,1-5H3,(H,23,24)/t17-,18-,19+,20+,22-/m1/s1. The Labute approximate surface area is 195 Å². The summed E-state index contributed by atoms with van der Waals surface area (Å²) in [6.07, 6.45) is -4.82. The number of hydrogen-bond donors (Lipinski definition) is 1. The van der Waals surface area contributed by atoms with Crippen LogP contribution in [0.5, 0.6) is 5.75 Å². The molecule has 0 bridgehead atoms. The summed E-state index contributed by atoms with van der Waals surface area (Å²) in [7, 11) is 1.25. The van der Waals surface area contributed by atoms with Gasteiger partial charge in [-0.2, -0.15) is 0 Å². The highest BCUT2D eigenvalue weighted by Crippen LogP contribution is 2.29. The van der Waals surface area contributed by atoms with Gasteiger partial charge in [0.2, 0.25) is 12.2 Å². The summed E-state index contributed by atoms with van der Waals surface area (Å²) in [5.41, 5.74) is 0.276. The molecule has 12 nitrogen and oxygen atoms in total. The first-order valence-electron chi connectivity index (χ1n) is 10.3. The van der Waals surface area contributed by atoms with E-state index in [2.05, 4.69) is 10.1 Å². The summed E-state index contributed by atoms with van der Waals surface area (Å²) in [6.45, 7) is 4.36. The molecule has 0 aliphatic carbocycles. The first-order valence-corrected chi connectivity index (χ1v) is 10.3. The molecule has 0 aromatic heterocycles. The van der Waals surface area contributed by atoms with Gasteiger partial charge in [0.25, 0.3) is 0 Å². The molecule has 34 heavy (non-hydrogen) atoms. The molecule has 0 radical (unpaired) electrons. The van der Waals surface area contributed by atoms with Crippen molar-refractivity contribution in [2.45, 2.75) is 58.3 Å². The molecule has 1 aromatic rings. The van der Waals surface area contributed by atoms with Crippen LogP contribution in [0.4, 0.5) is 0 Å². The van der Waals surface area contributed by atoms with Gasteiger partial charge in [0.15, 0.2) is 12.2 Å². The van der Waals surface area contributed by atoms with E-state index in [1.54, 1.807) is 0 Å². The third-order valence-corrected chi connectivity index (χ3v) is 4.60. The Morgan fingerprint density at radius 1 is 0.882 bits per heavy atom. The third-order valence-electron chi connectivity index (χ3n) is 4.60. The van der Waals surface area contributed by atoms with Crippen LogP contribution in [0.15, 0.2) is 24.3 Å². The van der Waals surface area contributed by atoms with Crippen LogP contribution in [0, 0.1) is 0 Å². The summed E-state index contributed by atoms with van der Waals surface area (Å²) >= 11 is 0. The minimum Gasteiger partial charge on any atom is -0.465 e. The third kappa shape index (κ3) is 7.44. The molecule has 2 rings (SSSR count). The Kier molecular flexibility index (Phi) is 9.36. The predicted octanol–water partition coefficient (Wildman–Crippen LogP) is 0.508. The molecule has 0 saturated carbocycles. The largest absolute Gasteiger partial charge is 0.465 e. The topological polar surface area (TPSA) is 153 Å². The maximum absolute atomic E-state index is 11.9. The summed E-state index contributed by atoms with van der Waals surface area (Å²) in [6, 6.07) is 4.75. The van der Waals surface area contributed by atoms with E-state index in [0.717, 1.165) is 13.8 Å². The fraction of sp³-hybridized carbons (Fsp3) is 0.500. The number of nitrogens with one attached hydrogen (secondary N) is 1. The van der Waals surface area contributed by atoms with Crippen molar-refractivity contribution < 1.29 is 52.4 Å². The van der Waals surface area contributed by atoms with E-state index < -0.39 is 60.4 Å². The Bertz CT molecular complexity index is 914. The predicted molar refractivity (Wildman–Crippen MR) is 112 cm³/mol. The first kappa shape index (κ1) is 26.6. The normalized spacial score (nSPS) is 23.7. The Hall–Kier alpha value is -3.67. The zero-order valence-electron chi connectivity index (χ0n) is 19.4. The fourth-order valence-electron chi connectivity index (χ4n) is 3.31. The summed E-state index contributed by atoms with van der Waals surface area (Å²) in [5.74, 6) is -2.84. The molecule has 1 heterocycles. The lowest BCUT2D eigenvalue weighted by molar-refractivity contribution is -0.257. The van der Waals surface area contributed by atoms with Crippen LogP contribution in [0.2, 0.25) is 0 Å². The van der Waals surface area contributed by atoms with Crippen molar-refractivity contribution in [2.24, 2.45) is 0 Å². The van der Waals surface area contributed by atoms with E-state index in [0.29, 0.717) is 0 Å². The number of esters is 4. The Morgan fingerprint density at radius 2 is 1.47 bits per heavy atom. The number of amides is 1. The zero-order chi connectivity index (χ0) is 25.4. The molecular weight excluding hydrogens is 454 g/mol.